The Bertz CT molecular complexity index is 1210. The molecule has 4 heterocycles. The smallest absolute Gasteiger partial charge is 0.378 e. The molecule has 10 heteroatoms. The fraction of sp³-hybridized carbons (Fsp3) is 0.538. The number of ether oxygens (including phenoxy) is 1. The van der Waals surface area contributed by atoms with E-state index in [9.17, 15) is 13.2 Å². The molecule has 5 rings (SSSR count). The highest BCUT2D eigenvalue weighted by Crippen LogP contribution is 2.34. The lowest BCUT2D eigenvalue weighted by molar-refractivity contribution is -0.138. The Kier molecular flexibility index (Phi) is 6.93. The molecule has 194 valence electrons. The Morgan fingerprint density at radius 3 is 2.53 bits per heavy atom. The largest absolute Gasteiger partial charge is 0.416 e. The number of aromatic nitrogens is 3. The van der Waals surface area contributed by atoms with Crippen molar-refractivity contribution < 1.29 is 17.9 Å². The highest BCUT2D eigenvalue weighted by molar-refractivity contribution is 5.49. The summed E-state index contributed by atoms with van der Waals surface area (Å²) in [5.41, 5.74) is 2.82. The Morgan fingerprint density at radius 2 is 1.83 bits per heavy atom. The van der Waals surface area contributed by atoms with Gasteiger partial charge in [0.25, 0.3) is 0 Å². The van der Waals surface area contributed by atoms with Gasteiger partial charge in [0.05, 0.1) is 42.6 Å². The number of anilines is 1. The maximum atomic E-state index is 13.6. The zero-order chi connectivity index (χ0) is 25.4. The van der Waals surface area contributed by atoms with Crippen LogP contribution in [0.2, 0.25) is 0 Å². The van der Waals surface area contributed by atoms with E-state index < -0.39 is 11.7 Å². The van der Waals surface area contributed by atoms with Crippen molar-refractivity contribution in [2.75, 3.05) is 44.3 Å². The van der Waals surface area contributed by atoms with Gasteiger partial charge in [0.1, 0.15) is 5.82 Å². The van der Waals surface area contributed by atoms with Crippen molar-refractivity contribution in [3.63, 3.8) is 0 Å². The van der Waals surface area contributed by atoms with Crippen LogP contribution in [-0.4, -0.2) is 70.7 Å². The molecule has 0 aliphatic carbocycles. The van der Waals surface area contributed by atoms with E-state index >= 15 is 0 Å². The molecule has 7 nitrogen and oxygen atoms in total. The van der Waals surface area contributed by atoms with Crippen LogP contribution < -0.4 is 10.2 Å². The first-order chi connectivity index (χ1) is 17.2. The highest BCUT2D eigenvalue weighted by Gasteiger charge is 2.33. The van der Waals surface area contributed by atoms with Gasteiger partial charge in [-0.1, -0.05) is 12.1 Å². The van der Waals surface area contributed by atoms with Crippen LogP contribution in [0.3, 0.4) is 0 Å². The van der Waals surface area contributed by atoms with Gasteiger partial charge < -0.3 is 15.0 Å². The van der Waals surface area contributed by atoms with E-state index in [1.54, 1.807) is 19.2 Å². The maximum Gasteiger partial charge on any atom is 0.416 e. The Labute approximate surface area is 209 Å². The molecular formula is C26H33F3N6O. The topological polar surface area (TPSA) is 57.9 Å². The summed E-state index contributed by atoms with van der Waals surface area (Å²) in [6.45, 7) is 11.1. The number of piperazine rings is 1. The van der Waals surface area contributed by atoms with Gasteiger partial charge in [-0.25, -0.2) is 9.97 Å². The van der Waals surface area contributed by atoms with Crippen LogP contribution >= 0.6 is 0 Å². The van der Waals surface area contributed by atoms with Gasteiger partial charge in [0.2, 0.25) is 0 Å². The van der Waals surface area contributed by atoms with Crippen molar-refractivity contribution >= 4 is 11.5 Å². The third kappa shape index (κ3) is 5.21. The Morgan fingerprint density at radius 1 is 1.11 bits per heavy atom. The van der Waals surface area contributed by atoms with Crippen molar-refractivity contribution in [2.45, 2.75) is 52.0 Å². The van der Waals surface area contributed by atoms with Gasteiger partial charge in [-0.05, 0) is 38.0 Å². The molecule has 1 aromatic carbocycles. The summed E-state index contributed by atoms with van der Waals surface area (Å²) in [6.07, 6.45) is -0.294. The molecule has 1 N–H and O–H groups in total. The first kappa shape index (κ1) is 25.0. The number of morpholine rings is 1. The number of hydrogen-bond donors (Lipinski definition) is 1. The van der Waals surface area contributed by atoms with Crippen molar-refractivity contribution in [3.05, 3.63) is 58.7 Å². The normalized spacial score (nSPS) is 21.9. The molecule has 2 fully saturated rings. The van der Waals surface area contributed by atoms with E-state index in [1.807, 2.05) is 10.6 Å². The van der Waals surface area contributed by atoms with E-state index in [0.29, 0.717) is 49.5 Å². The Balaban J connectivity index is 1.56. The average Bonchev–Trinajstić information content (AvgIpc) is 3.15. The SMILES string of the molecule is Cc1c(Cc2c(CN3CC(C)NC(C)C3)nc3cnc(N4CCOCC4)cn23)cccc1C(F)(F)F. The molecular weight excluding hydrogens is 469 g/mol. The molecule has 2 atom stereocenters. The van der Waals surface area contributed by atoms with E-state index in [-0.39, 0.29) is 5.56 Å². The third-order valence-corrected chi connectivity index (χ3v) is 7.13. The van der Waals surface area contributed by atoms with Crippen LogP contribution in [0.4, 0.5) is 19.0 Å². The van der Waals surface area contributed by atoms with Crippen molar-refractivity contribution in [1.29, 1.82) is 0 Å². The first-order valence-corrected chi connectivity index (χ1v) is 12.5. The maximum absolute atomic E-state index is 13.6. The molecule has 0 saturated carbocycles. The first-order valence-electron chi connectivity index (χ1n) is 12.5. The minimum absolute atomic E-state index is 0.262. The standard InChI is InChI=1S/C26H33F3N6O/c1-17-13-33(14-18(2)31-17)15-22-23(11-20-5-4-6-21(19(20)3)26(27,28)29)35-16-25(30-12-24(35)32-22)34-7-9-36-10-8-34/h4-6,12,16-18,31H,7-11,13-15H2,1-3H3. The summed E-state index contributed by atoms with van der Waals surface area (Å²) in [5.74, 6) is 0.821. The number of rotatable bonds is 5. The van der Waals surface area contributed by atoms with Crippen LogP contribution in [0.1, 0.15) is 41.9 Å². The highest BCUT2D eigenvalue weighted by atomic mass is 19.4. The quantitative estimate of drug-likeness (QED) is 0.575. The second kappa shape index (κ2) is 9.99. The summed E-state index contributed by atoms with van der Waals surface area (Å²) in [7, 11) is 0. The fourth-order valence-corrected chi connectivity index (χ4v) is 5.45. The van der Waals surface area contributed by atoms with E-state index in [0.717, 1.165) is 49.5 Å². The van der Waals surface area contributed by atoms with Gasteiger partial charge in [0, 0.05) is 51.2 Å². The molecule has 2 saturated heterocycles. The summed E-state index contributed by atoms with van der Waals surface area (Å²) in [4.78, 5) is 14.1. The van der Waals surface area contributed by atoms with Crippen LogP contribution in [0.25, 0.3) is 5.65 Å². The zero-order valence-electron chi connectivity index (χ0n) is 21.0. The monoisotopic (exact) mass is 502 g/mol. The lowest BCUT2D eigenvalue weighted by Gasteiger charge is -2.35. The summed E-state index contributed by atoms with van der Waals surface area (Å²) in [5, 5.41) is 3.55. The minimum Gasteiger partial charge on any atom is -0.378 e. The van der Waals surface area contributed by atoms with Gasteiger partial charge in [-0.2, -0.15) is 13.2 Å². The van der Waals surface area contributed by atoms with Gasteiger partial charge in [0.15, 0.2) is 5.65 Å². The fourth-order valence-electron chi connectivity index (χ4n) is 5.45. The number of halogens is 3. The van der Waals surface area contributed by atoms with Crippen molar-refractivity contribution in [2.24, 2.45) is 0 Å². The van der Waals surface area contributed by atoms with Crippen LogP contribution in [0, 0.1) is 6.92 Å². The molecule has 0 amide bonds. The molecule has 0 bridgehead atoms. The molecule has 3 aromatic rings. The molecule has 36 heavy (non-hydrogen) atoms. The van der Waals surface area contributed by atoms with E-state index in [1.165, 1.54) is 6.07 Å². The lowest BCUT2D eigenvalue weighted by Crippen LogP contribution is -2.53. The second-order valence-corrected chi connectivity index (χ2v) is 10.0. The number of nitrogens with zero attached hydrogens (tertiary/aromatic N) is 5. The van der Waals surface area contributed by atoms with Gasteiger partial charge >= 0.3 is 6.18 Å². The lowest BCUT2D eigenvalue weighted by atomic mass is 9.97. The van der Waals surface area contributed by atoms with Gasteiger partial charge in [-0.3, -0.25) is 9.30 Å². The summed E-state index contributed by atoms with van der Waals surface area (Å²) >= 11 is 0. The summed E-state index contributed by atoms with van der Waals surface area (Å²) < 4.78 is 48.4. The molecule has 2 unspecified atom stereocenters. The van der Waals surface area contributed by atoms with E-state index in [4.69, 9.17) is 9.72 Å². The number of benzene rings is 1. The second-order valence-electron chi connectivity index (χ2n) is 10.0. The third-order valence-electron chi connectivity index (χ3n) is 7.13. The summed E-state index contributed by atoms with van der Waals surface area (Å²) in [6, 6.07) is 5.14. The predicted molar refractivity (Wildman–Crippen MR) is 132 cm³/mol. The molecule has 2 aromatic heterocycles. The number of alkyl halides is 3. The van der Waals surface area contributed by atoms with Gasteiger partial charge in [-0.15, -0.1) is 0 Å². The minimum atomic E-state index is -4.39. The van der Waals surface area contributed by atoms with Crippen molar-refractivity contribution in [3.8, 4) is 0 Å². The Hall–Kier alpha value is -2.69. The number of nitrogens with one attached hydrogen (secondary N) is 1. The molecule has 2 aliphatic heterocycles. The number of imidazole rings is 1. The number of hydrogen-bond acceptors (Lipinski definition) is 6. The van der Waals surface area contributed by atoms with Crippen molar-refractivity contribution in [1.82, 2.24) is 24.6 Å². The van der Waals surface area contributed by atoms with Crippen LogP contribution in [-0.2, 0) is 23.9 Å². The predicted octanol–water partition coefficient (Wildman–Crippen LogP) is 3.67. The molecule has 0 spiro atoms. The number of fused-ring (bicyclic) bond motifs is 1. The van der Waals surface area contributed by atoms with Crippen LogP contribution in [0.5, 0.6) is 0 Å². The molecule has 2 aliphatic rings. The molecule has 0 radical (unpaired) electrons. The average molecular weight is 503 g/mol. The van der Waals surface area contributed by atoms with Crippen LogP contribution in [0.15, 0.2) is 30.6 Å². The van der Waals surface area contributed by atoms with E-state index in [2.05, 4.69) is 33.9 Å². The zero-order valence-corrected chi connectivity index (χ0v) is 21.0.